The number of carboxylic acid groups (broad SMARTS) is 1. The fourth-order valence-electron chi connectivity index (χ4n) is 3.99. The maximum atomic E-state index is 13.2. The average molecular weight is 443 g/mol. The molecule has 0 radical (unpaired) electrons. The molecule has 1 aliphatic rings. The maximum Gasteiger partial charge on any atom is 0.307 e. The molecule has 0 aliphatic carbocycles. The van der Waals surface area contributed by atoms with E-state index in [1.165, 1.54) is 12.0 Å². The van der Waals surface area contributed by atoms with Crippen LogP contribution >= 0.6 is 0 Å². The van der Waals surface area contributed by atoms with Crippen LogP contribution in [0.1, 0.15) is 22.7 Å². The minimum Gasteiger partial charge on any atom is -0.507 e. The monoisotopic (exact) mass is 443 g/mol. The Morgan fingerprint density at radius 2 is 1.55 bits per heavy atom. The van der Waals surface area contributed by atoms with E-state index >= 15 is 0 Å². The van der Waals surface area contributed by atoms with Gasteiger partial charge >= 0.3 is 5.97 Å². The fraction of sp³-hybridized carbons (Fsp3) is 0.115. The van der Waals surface area contributed by atoms with Gasteiger partial charge in [0.15, 0.2) is 0 Å². The van der Waals surface area contributed by atoms with Crippen LogP contribution in [0.2, 0.25) is 0 Å². The number of ether oxygens (including phenoxy) is 1. The number of hydrogen-bond acceptors (Lipinski definition) is 5. The summed E-state index contributed by atoms with van der Waals surface area (Å²) in [4.78, 5) is 38.7. The molecule has 166 valence electrons. The van der Waals surface area contributed by atoms with Crippen molar-refractivity contribution < 1.29 is 29.3 Å². The van der Waals surface area contributed by atoms with Crippen molar-refractivity contribution in [2.45, 2.75) is 12.5 Å². The Labute approximate surface area is 190 Å². The zero-order valence-corrected chi connectivity index (χ0v) is 17.8. The Bertz CT molecular complexity index is 1250. The molecule has 0 bridgehead atoms. The zero-order chi connectivity index (χ0) is 23.5. The first-order chi connectivity index (χ1) is 15.9. The van der Waals surface area contributed by atoms with E-state index in [-0.39, 0.29) is 17.8 Å². The predicted molar refractivity (Wildman–Crippen MR) is 122 cm³/mol. The van der Waals surface area contributed by atoms with E-state index in [0.717, 1.165) is 0 Å². The largest absolute Gasteiger partial charge is 0.507 e. The van der Waals surface area contributed by atoms with Crippen LogP contribution in [0.25, 0.3) is 5.76 Å². The number of Topliss-reactive ketones (excluding diaryl/α,β-unsaturated/α-hetero) is 1. The molecule has 1 amide bonds. The molecular formula is C26H21NO6. The number of benzene rings is 3. The molecule has 1 heterocycles. The highest BCUT2D eigenvalue weighted by Crippen LogP contribution is 2.44. The first-order valence-corrected chi connectivity index (χ1v) is 10.2. The SMILES string of the molecule is COc1ccccc1C1/C(=C(/O)c2ccccc2)C(=O)C(=O)N1c1ccc(CC(=O)O)cc1. The Hall–Kier alpha value is -4.39. The first kappa shape index (κ1) is 21.8. The van der Waals surface area contributed by atoms with Crippen molar-refractivity contribution in [2.24, 2.45) is 0 Å². The summed E-state index contributed by atoms with van der Waals surface area (Å²) >= 11 is 0. The topological polar surface area (TPSA) is 104 Å². The van der Waals surface area contributed by atoms with Crippen molar-refractivity contribution in [3.63, 3.8) is 0 Å². The summed E-state index contributed by atoms with van der Waals surface area (Å²) in [6.07, 6.45) is -0.164. The predicted octanol–water partition coefficient (Wildman–Crippen LogP) is 3.95. The van der Waals surface area contributed by atoms with Gasteiger partial charge in [0.2, 0.25) is 0 Å². The minimum absolute atomic E-state index is 0.0506. The number of rotatable bonds is 6. The minimum atomic E-state index is -0.972. The number of para-hydroxylation sites is 1. The number of aliphatic carboxylic acids is 1. The molecular weight excluding hydrogens is 422 g/mol. The van der Waals surface area contributed by atoms with Crippen LogP contribution in [-0.4, -0.2) is 35.0 Å². The number of anilines is 1. The van der Waals surface area contributed by atoms with E-state index in [9.17, 15) is 19.5 Å². The normalized spacial score (nSPS) is 17.2. The van der Waals surface area contributed by atoms with Gasteiger partial charge in [-0.05, 0) is 23.8 Å². The van der Waals surface area contributed by atoms with Gasteiger partial charge in [0.25, 0.3) is 11.7 Å². The van der Waals surface area contributed by atoms with Crippen LogP contribution in [0.15, 0.2) is 84.4 Å². The molecule has 7 heteroatoms. The number of aliphatic hydroxyl groups excluding tert-OH is 1. The van der Waals surface area contributed by atoms with Crippen molar-refractivity contribution in [3.05, 3.63) is 101 Å². The molecule has 0 aromatic heterocycles. The van der Waals surface area contributed by atoms with Crippen LogP contribution in [0.3, 0.4) is 0 Å². The Morgan fingerprint density at radius 3 is 2.18 bits per heavy atom. The third kappa shape index (κ3) is 4.08. The Morgan fingerprint density at radius 1 is 0.909 bits per heavy atom. The number of nitrogens with zero attached hydrogens (tertiary/aromatic N) is 1. The van der Waals surface area contributed by atoms with Crippen molar-refractivity contribution in [2.75, 3.05) is 12.0 Å². The molecule has 1 aliphatic heterocycles. The van der Waals surface area contributed by atoms with Crippen LogP contribution in [0.4, 0.5) is 5.69 Å². The summed E-state index contributed by atoms with van der Waals surface area (Å²) in [5, 5.41) is 20.1. The maximum absolute atomic E-state index is 13.2. The van der Waals surface area contributed by atoms with Crippen molar-refractivity contribution >= 4 is 29.1 Å². The third-order valence-corrected chi connectivity index (χ3v) is 5.50. The lowest BCUT2D eigenvalue weighted by Crippen LogP contribution is -2.29. The Kier molecular flexibility index (Phi) is 5.95. The smallest absolute Gasteiger partial charge is 0.307 e. The highest BCUT2D eigenvalue weighted by molar-refractivity contribution is 6.51. The molecule has 1 unspecified atom stereocenters. The zero-order valence-electron chi connectivity index (χ0n) is 17.8. The number of carbonyl (C=O) groups excluding carboxylic acids is 2. The molecule has 4 rings (SSSR count). The summed E-state index contributed by atoms with van der Waals surface area (Å²) in [7, 11) is 1.49. The summed E-state index contributed by atoms with van der Waals surface area (Å²) in [6.45, 7) is 0. The molecule has 0 spiro atoms. The van der Waals surface area contributed by atoms with Gasteiger partial charge in [-0.2, -0.15) is 0 Å². The molecule has 3 aromatic carbocycles. The van der Waals surface area contributed by atoms with Gasteiger partial charge in [-0.1, -0.05) is 60.7 Å². The molecule has 3 aromatic rings. The lowest BCUT2D eigenvalue weighted by molar-refractivity contribution is -0.136. The van der Waals surface area contributed by atoms with Crippen molar-refractivity contribution in [3.8, 4) is 5.75 Å². The number of methoxy groups -OCH3 is 1. The number of hydrogen-bond donors (Lipinski definition) is 2. The van der Waals surface area contributed by atoms with Gasteiger partial charge in [0.1, 0.15) is 11.5 Å². The van der Waals surface area contributed by atoms with E-state index in [2.05, 4.69) is 0 Å². The van der Waals surface area contributed by atoms with E-state index in [4.69, 9.17) is 9.84 Å². The molecule has 1 saturated heterocycles. The lowest BCUT2D eigenvalue weighted by atomic mass is 9.94. The molecule has 0 saturated carbocycles. The summed E-state index contributed by atoms with van der Waals surface area (Å²) in [6, 6.07) is 21.0. The molecule has 1 fully saturated rings. The molecule has 7 nitrogen and oxygen atoms in total. The molecule has 2 N–H and O–H groups in total. The van der Waals surface area contributed by atoms with E-state index in [1.54, 1.807) is 78.9 Å². The van der Waals surface area contributed by atoms with E-state index in [1.807, 2.05) is 0 Å². The highest BCUT2D eigenvalue weighted by Gasteiger charge is 2.47. The fourth-order valence-corrected chi connectivity index (χ4v) is 3.99. The van der Waals surface area contributed by atoms with Crippen LogP contribution in [0, 0.1) is 0 Å². The Balaban J connectivity index is 1.91. The van der Waals surface area contributed by atoms with E-state index < -0.39 is 23.7 Å². The van der Waals surface area contributed by atoms with Gasteiger partial charge in [0.05, 0.1) is 25.1 Å². The third-order valence-electron chi connectivity index (χ3n) is 5.50. The van der Waals surface area contributed by atoms with Gasteiger partial charge < -0.3 is 14.9 Å². The first-order valence-electron chi connectivity index (χ1n) is 10.2. The number of ketones is 1. The quantitative estimate of drug-likeness (QED) is 0.340. The second-order valence-electron chi connectivity index (χ2n) is 7.51. The van der Waals surface area contributed by atoms with Crippen molar-refractivity contribution in [1.29, 1.82) is 0 Å². The van der Waals surface area contributed by atoms with Crippen LogP contribution in [0.5, 0.6) is 5.75 Å². The lowest BCUT2D eigenvalue weighted by Gasteiger charge is -2.26. The summed E-state index contributed by atoms with van der Waals surface area (Å²) < 4.78 is 5.49. The summed E-state index contributed by atoms with van der Waals surface area (Å²) in [5.74, 6) is -2.41. The average Bonchev–Trinajstić information content (AvgIpc) is 3.09. The standard InChI is InChI=1S/C26H21NO6/c1-33-20-10-6-5-9-19(20)23-22(24(30)17-7-3-2-4-8-17)25(31)26(32)27(23)18-13-11-16(12-14-18)15-21(28)29/h2-14,23,30H,15H2,1H3,(H,28,29)/b24-22-. The molecule has 1 atom stereocenters. The van der Waals surface area contributed by atoms with Crippen LogP contribution in [-0.2, 0) is 20.8 Å². The number of carbonyl (C=O) groups is 3. The second-order valence-corrected chi connectivity index (χ2v) is 7.51. The van der Waals surface area contributed by atoms with Gasteiger partial charge in [-0.3, -0.25) is 19.3 Å². The van der Waals surface area contributed by atoms with Gasteiger partial charge in [-0.25, -0.2) is 0 Å². The van der Waals surface area contributed by atoms with Gasteiger partial charge in [0, 0.05) is 16.8 Å². The van der Waals surface area contributed by atoms with Crippen molar-refractivity contribution in [1.82, 2.24) is 0 Å². The number of aliphatic hydroxyl groups is 1. The second kappa shape index (κ2) is 9.00. The number of amides is 1. The molecule has 33 heavy (non-hydrogen) atoms. The van der Waals surface area contributed by atoms with Crippen LogP contribution < -0.4 is 9.64 Å². The van der Waals surface area contributed by atoms with Gasteiger partial charge in [-0.15, -0.1) is 0 Å². The highest BCUT2D eigenvalue weighted by atomic mass is 16.5. The summed E-state index contributed by atoms with van der Waals surface area (Å²) in [5.41, 5.74) is 1.85. The number of carboxylic acids is 1. The van der Waals surface area contributed by atoms with E-state index in [0.29, 0.717) is 28.1 Å².